The number of aliphatic carboxylic acids is 2. The van der Waals surface area contributed by atoms with Gasteiger partial charge in [0.1, 0.15) is 6.04 Å². The molecule has 8 amide bonds. The van der Waals surface area contributed by atoms with E-state index in [0.29, 0.717) is 104 Å². The van der Waals surface area contributed by atoms with E-state index in [0.717, 1.165) is 6.42 Å². The van der Waals surface area contributed by atoms with Gasteiger partial charge in [0.25, 0.3) is 0 Å². The van der Waals surface area contributed by atoms with E-state index in [1.807, 2.05) is 0 Å². The summed E-state index contributed by atoms with van der Waals surface area (Å²) in [6, 6.07) is -2.74. The Morgan fingerprint density at radius 3 is 1.44 bits per heavy atom. The first kappa shape index (κ1) is 39.8. The van der Waals surface area contributed by atoms with Gasteiger partial charge in [-0.3, -0.25) is 14.4 Å². The highest BCUT2D eigenvalue weighted by Gasteiger charge is 2.26. The van der Waals surface area contributed by atoms with Crippen LogP contribution >= 0.6 is 0 Å². The second-order valence-corrected chi connectivity index (χ2v) is 12.1. The van der Waals surface area contributed by atoms with Crippen LogP contribution in [-0.4, -0.2) is 149 Å². The van der Waals surface area contributed by atoms with Gasteiger partial charge in [0.15, 0.2) is 0 Å². The third kappa shape index (κ3) is 15.5. The molecular weight excluding hydrogens is 630 g/mol. The van der Waals surface area contributed by atoms with Crippen molar-refractivity contribution in [3.63, 3.8) is 0 Å². The Kier molecular flexibility index (Phi) is 17.8. The summed E-state index contributed by atoms with van der Waals surface area (Å²) >= 11 is 0. The number of nitrogens with zero attached hydrogens (tertiary/aromatic N) is 4. The maximum Gasteiger partial charge on any atom is 0.326 e. The summed E-state index contributed by atoms with van der Waals surface area (Å²) in [5, 5.41) is 25.6. The summed E-state index contributed by atoms with van der Waals surface area (Å²) in [6.07, 6.45) is 4.72. The highest BCUT2D eigenvalue weighted by molar-refractivity contribution is 5.81. The summed E-state index contributed by atoms with van der Waals surface area (Å²) in [7, 11) is 0. The number of nitrogens with two attached hydrogens (primary N) is 2. The SMILES string of the molecule is NC(=O)NC(CCCCNC(=O)N1CCN(C(=O)CCC(N)CCC(=O)N2CCN(C(=O)NCCCCCC(=O)O)CC2)CC1)C(=O)O. The van der Waals surface area contributed by atoms with Crippen LogP contribution in [-0.2, 0) is 19.2 Å². The van der Waals surface area contributed by atoms with E-state index in [1.54, 1.807) is 19.6 Å². The average molecular weight is 684 g/mol. The zero-order valence-electron chi connectivity index (χ0n) is 27.7. The van der Waals surface area contributed by atoms with Crippen molar-refractivity contribution in [1.29, 1.82) is 0 Å². The molecule has 2 rings (SSSR count). The fourth-order valence-electron chi connectivity index (χ4n) is 5.49. The second-order valence-electron chi connectivity index (χ2n) is 12.1. The van der Waals surface area contributed by atoms with E-state index in [2.05, 4.69) is 16.0 Å². The lowest BCUT2D eigenvalue weighted by atomic mass is 10.1. The molecule has 2 saturated heterocycles. The first-order valence-corrected chi connectivity index (χ1v) is 16.7. The molecule has 272 valence electrons. The molecular formula is C30H53N9O9. The van der Waals surface area contributed by atoms with Gasteiger partial charge in [-0.1, -0.05) is 6.42 Å². The van der Waals surface area contributed by atoms with Crippen LogP contribution in [0.2, 0.25) is 0 Å². The Morgan fingerprint density at radius 1 is 0.583 bits per heavy atom. The lowest BCUT2D eigenvalue weighted by molar-refractivity contribution is -0.139. The number of unbranched alkanes of at least 4 members (excludes halogenated alkanes) is 3. The van der Waals surface area contributed by atoms with Crippen molar-refractivity contribution in [2.75, 3.05) is 65.4 Å². The average Bonchev–Trinajstić information content (AvgIpc) is 3.06. The van der Waals surface area contributed by atoms with Gasteiger partial charge < -0.3 is 57.2 Å². The van der Waals surface area contributed by atoms with E-state index in [1.165, 1.54) is 0 Å². The largest absolute Gasteiger partial charge is 0.481 e. The molecule has 0 aromatic heterocycles. The Bertz CT molecular complexity index is 1090. The van der Waals surface area contributed by atoms with Gasteiger partial charge in [0.05, 0.1) is 0 Å². The number of urea groups is 3. The summed E-state index contributed by atoms with van der Waals surface area (Å²) in [4.78, 5) is 89.6. The summed E-state index contributed by atoms with van der Waals surface area (Å²) in [5.74, 6) is -2.08. The number of hydrogen-bond acceptors (Lipinski definition) is 8. The monoisotopic (exact) mass is 683 g/mol. The minimum Gasteiger partial charge on any atom is -0.481 e. The third-order valence-electron chi connectivity index (χ3n) is 8.45. The molecule has 48 heavy (non-hydrogen) atoms. The van der Waals surface area contributed by atoms with Crippen molar-refractivity contribution < 1.29 is 43.8 Å². The zero-order valence-corrected chi connectivity index (χ0v) is 27.7. The topological polar surface area (TPSA) is 261 Å². The van der Waals surface area contributed by atoms with Crippen molar-refractivity contribution in [2.45, 2.75) is 82.7 Å². The van der Waals surface area contributed by atoms with Crippen LogP contribution in [0.3, 0.4) is 0 Å². The van der Waals surface area contributed by atoms with E-state index < -0.39 is 24.0 Å². The lowest BCUT2D eigenvalue weighted by Crippen LogP contribution is -2.53. The standard InChI is InChI=1S/C30H53N9O9/c31-22(8-10-24(40)36-14-18-38(19-15-36)29(47)33-12-4-1-2-7-26(42)43)9-11-25(41)37-16-20-39(21-17-37)30(48)34-13-5-3-6-23(27(44)45)35-28(32)46/h22-23H,1-21,31H2,(H,33,47)(H,34,48)(H,42,43)(H,44,45)(H3,32,35,46). The minimum absolute atomic E-state index is 0.0331. The fraction of sp³-hybridized carbons (Fsp3) is 0.767. The zero-order chi connectivity index (χ0) is 35.5. The molecule has 9 N–H and O–H groups in total. The van der Waals surface area contributed by atoms with Gasteiger partial charge >= 0.3 is 30.0 Å². The number of carbonyl (C=O) groups is 7. The van der Waals surface area contributed by atoms with Crippen molar-refractivity contribution in [1.82, 2.24) is 35.6 Å². The number of rotatable bonds is 19. The van der Waals surface area contributed by atoms with Crippen LogP contribution in [0.15, 0.2) is 0 Å². The first-order chi connectivity index (χ1) is 22.9. The molecule has 2 atom stereocenters. The first-order valence-electron chi connectivity index (χ1n) is 16.7. The van der Waals surface area contributed by atoms with Gasteiger partial charge in [0.2, 0.25) is 11.8 Å². The van der Waals surface area contributed by atoms with E-state index in [4.69, 9.17) is 21.7 Å². The Morgan fingerprint density at radius 2 is 1.02 bits per heavy atom. The maximum absolute atomic E-state index is 12.7. The molecule has 0 aliphatic carbocycles. The predicted molar refractivity (Wildman–Crippen MR) is 174 cm³/mol. The Labute approximate surface area is 280 Å². The van der Waals surface area contributed by atoms with Crippen LogP contribution in [0.25, 0.3) is 0 Å². The van der Waals surface area contributed by atoms with Crippen LogP contribution in [0.1, 0.15) is 70.6 Å². The van der Waals surface area contributed by atoms with Crippen LogP contribution in [0.5, 0.6) is 0 Å². The van der Waals surface area contributed by atoms with E-state index in [9.17, 15) is 33.6 Å². The normalized spacial score (nSPS) is 16.1. The highest BCUT2D eigenvalue weighted by atomic mass is 16.4. The number of primary amides is 1. The molecule has 0 saturated carbocycles. The van der Waals surface area contributed by atoms with Crippen LogP contribution < -0.4 is 27.4 Å². The van der Waals surface area contributed by atoms with Gasteiger partial charge in [-0.05, 0) is 44.9 Å². The molecule has 0 aromatic carbocycles. The molecule has 18 heteroatoms. The smallest absolute Gasteiger partial charge is 0.326 e. The van der Waals surface area contributed by atoms with E-state index >= 15 is 0 Å². The molecule has 2 fully saturated rings. The Hall–Kier alpha value is -4.35. The lowest BCUT2D eigenvalue weighted by Gasteiger charge is -2.35. The quantitative estimate of drug-likeness (QED) is 0.0860. The molecule has 2 unspecified atom stereocenters. The molecule has 0 spiro atoms. The predicted octanol–water partition coefficient (Wildman–Crippen LogP) is -0.481. The van der Waals surface area contributed by atoms with Gasteiger partial charge in [-0.25, -0.2) is 19.2 Å². The van der Waals surface area contributed by atoms with Crippen molar-refractivity contribution in [2.24, 2.45) is 11.5 Å². The summed E-state index contributed by atoms with van der Waals surface area (Å²) in [5.41, 5.74) is 11.2. The number of carboxylic acid groups (broad SMARTS) is 2. The van der Waals surface area contributed by atoms with E-state index in [-0.39, 0.29) is 55.6 Å². The maximum atomic E-state index is 12.7. The van der Waals surface area contributed by atoms with Crippen LogP contribution in [0, 0.1) is 0 Å². The minimum atomic E-state index is -1.17. The number of carboxylic acids is 2. The number of carbonyl (C=O) groups excluding carboxylic acids is 5. The highest BCUT2D eigenvalue weighted by Crippen LogP contribution is 2.11. The molecule has 0 aromatic rings. The van der Waals surface area contributed by atoms with Crippen molar-refractivity contribution in [3.05, 3.63) is 0 Å². The molecule has 0 bridgehead atoms. The van der Waals surface area contributed by atoms with Crippen LogP contribution in [0.4, 0.5) is 14.4 Å². The summed E-state index contributed by atoms with van der Waals surface area (Å²) < 4.78 is 0. The van der Waals surface area contributed by atoms with Gasteiger partial charge in [-0.2, -0.15) is 0 Å². The fourth-order valence-corrected chi connectivity index (χ4v) is 5.49. The van der Waals surface area contributed by atoms with Crippen molar-refractivity contribution >= 4 is 41.8 Å². The van der Waals surface area contributed by atoms with Gasteiger partial charge in [-0.15, -0.1) is 0 Å². The van der Waals surface area contributed by atoms with Gasteiger partial charge in [0, 0.05) is 90.8 Å². The number of hydrogen-bond donors (Lipinski definition) is 7. The molecule has 2 aliphatic heterocycles. The number of amides is 8. The number of piperazine rings is 2. The number of nitrogens with one attached hydrogen (secondary N) is 3. The molecule has 2 heterocycles. The second kappa shape index (κ2) is 21.5. The molecule has 2 aliphatic rings. The molecule has 18 nitrogen and oxygen atoms in total. The third-order valence-corrected chi connectivity index (χ3v) is 8.45. The molecule has 0 radical (unpaired) electrons. The summed E-state index contributed by atoms with van der Waals surface area (Å²) in [6.45, 7) is 4.11. The van der Waals surface area contributed by atoms with Crippen molar-refractivity contribution in [3.8, 4) is 0 Å². The Balaban J connectivity index is 1.54.